The number of nitrogens with zero attached hydrogens (tertiary/aromatic N) is 1. The van der Waals surface area contributed by atoms with Crippen LogP contribution in [0, 0.1) is 0 Å². The highest BCUT2D eigenvalue weighted by Gasteiger charge is 2.18. The van der Waals surface area contributed by atoms with E-state index in [9.17, 15) is 15.0 Å². The number of benzene rings is 1. The first-order valence-corrected chi connectivity index (χ1v) is 6.37. The molecule has 0 spiro atoms. The zero-order chi connectivity index (χ0) is 14.3. The number of fused-ring (bicyclic) bond motifs is 1. The normalized spacial score (nSPS) is 13.2. The molecule has 0 saturated carbocycles. The van der Waals surface area contributed by atoms with Gasteiger partial charge in [0.25, 0.3) is 0 Å². The summed E-state index contributed by atoms with van der Waals surface area (Å²) in [6.45, 7) is 5.77. The van der Waals surface area contributed by atoms with Crippen LogP contribution in [-0.4, -0.2) is 20.7 Å². The molecule has 1 unspecified atom stereocenters. The van der Waals surface area contributed by atoms with Gasteiger partial charge in [0.15, 0.2) is 0 Å². The molecule has 0 aliphatic heterocycles. The molecule has 2 aromatic rings. The summed E-state index contributed by atoms with van der Waals surface area (Å²) in [5, 5.41) is 19.9. The highest BCUT2D eigenvalue weighted by atomic mass is 16.4. The predicted molar refractivity (Wildman–Crippen MR) is 74.6 cm³/mol. The summed E-state index contributed by atoms with van der Waals surface area (Å²) in [7, 11) is 1.92. The van der Waals surface area contributed by atoms with Crippen LogP contribution >= 0.6 is 0 Å². The molecule has 4 heteroatoms. The Morgan fingerprint density at radius 2 is 1.84 bits per heavy atom. The Hall–Kier alpha value is -1.81. The zero-order valence-electron chi connectivity index (χ0n) is 11.6. The number of aliphatic hydroxyl groups is 1. The molecule has 0 saturated heterocycles. The molecule has 0 radical (unpaired) electrons. The van der Waals surface area contributed by atoms with Crippen molar-refractivity contribution in [2.75, 3.05) is 0 Å². The van der Waals surface area contributed by atoms with Crippen LogP contribution in [-0.2, 0) is 7.05 Å². The van der Waals surface area contributed by atoms with Gasteiger partial charge in [-0.05, 0) is 30.5 Å². The molecule has 1 atom stereocenters. The van der Waals surface area contributed by atoms with Gasteiger partial charge in [-0.1, -0.05) is 13.8 Å². The Kier molecular flexibility index (Phi) is 3.37. The molecule has 2 rings (SSSR count). The first-order valence-electron chi connectivity index (χ1n) is 6.37. The summed E-state index contributed by atoms with van der Waals surface area (Å²) in [5.74, 6) is -0.721. The van der Waals surface area contributed by atoms with Crippen LogP contribution < -0.4 is 0 Å². The number of carbonyl (C=O) groups is 1. The van der Waals surface area contributed by atoms with Gasteiger partial charge in [0, 0.05) is 24.2 Å². The van der Waals surface area contributed by atoms with Crippen LogP contribution in [0.1, 0.15) is 54.3 Å². The molecule has 0 bridgehead atoms. The highest BCUT2D eigenvalue weighted by molar-refractivity contribution is 5.97. The number of carboxylic acid groups (broad SMARTS) is 1. The van der Waals surface area contributed by atoms with Gasteiger partial charge in [-0.25, -0.2) is 4.79 Å². The van der Waals surface area contributed by atoms with Gasteiger partial charge in [-0.2, -0.15) is 0 Å². The monoisotopic (exact) mass is 261 g/mol. The number of aryl methyl sites for hydroxylation is 1. The predicted octanol–water partition coefficient (Wildman–Crippen LogP) is 3.05. The van der Waals surface area contributed by atoms with Crippen molar-refractivity contribution in [1.29, 1.82) is 0 Å². The fourth-order valence-electron chi connectivity index (χ4n) is 2.51. The van der Waals surface area contributed by atoms with E-state index in [1.54, 1.807) is 19.1 Å². The number of hydrogen-bond acceptors (Lipinski definition) is 2. The molecular weight excluding hydrogens is 242 g/mol. The molecule has 0 aliphatic rings. The van der Waals surface area contributed by atoms with Gasteiger partial charge in [-0.15, -0.1) is 0 Å². The summed E-state index contributed by atoms with van der Waals surface area (Å²) in [6.07, 6.45) is 1.25. The van der Waals surface area contributed by atoms with Gasteiger partial charge in [0.2, 0.25) is 0 Å². The topological polar surface area (TPSA) is 62.5 Å². The van der Waals surface area contributed by atoms with E-state index in [1.165, 1.54) is 0 Å². The maximum absolute atomic E-state index is 11.2. The van der Waals surface area contributed by atoms with Crippen LogP contribution in [0.3, 0.4) is 0 Å². The molecule has 0 aliphatic carbocycles. The van der Waals surface area contributed by atoms with Crippen LogP contribution in [0.15, 0.2) is 18.3 Å². The third-order valence-electron chi connectivity index (χ3n) is 3.45. The Bertz CT molecular complexity index is 638. The van der Waals surface area contributed by atoms with Gasteiger partial charge >= 0.3 is 5.97 Å². The van der Waals surface area contributed by atoms with E-state index < -0.39 is 12.1 Å². The van der Waals surface area contributed by atoms with Crippen LogP contribution in [0.25, 0.3) is 10.9 Å². The largest absolute Gasteiger partial charge is 0.478 e. The van der Waals surface area contributed by atoms with Gasteiger partial charge in [-0.3, -0.25) is 0 Å². The lowest BCUT2D eigenvalue weighted by Crippen LogP contribution is -2.01. The molecule has 1 heterocycles. The summed E-state index contributed by atoms with van der Waals surface area (Å²) in [6, 6.07) is 3.37. The number of rotatable bonds is 3. The number of carboxylic acids is 1. The third kappa shape index (κ3) is 2.24. The third-order valence-corrected chi connectivity index (χ3v) is 3.45. The van der Waals surface area contributed by atoms with Crippen molar-refractivity contribution in [1.82, 2.24) is 4.57 Å². The highest BCUT2D eigenvalue weighted by Crippen LogP contribution is 2.33. The van der Waals surface area contributed by atoms with Crippen LogP contribution in [0.4, 0.5) is 0 Å². The second kappa shape index (κ2) is 4.70. The molecule has 102 valence electrons. The average Bonchev–Trinajstić information content (AvgIpc) is 2.65. The van der Waals surface area contributed by atoms with Crippen molar-refractivity contribution in [3.8, 4) is 0 Å². The van der Waals surface area contributed by atoms with E-state index >= 15 is 0 Å². The second-order valence-electron chi connectivity index (χ2n) is 5.29. The molecule has 1 aromatic carbocycles. The first-order chi connectivity index (χ1) is 8.82. The van der Waals surface area contributed by atoms with Crippen molar-refractivity contribution < 1.29 is 15.0 Å². The number of hydrogen-bond donors (Lipinski definition) is 2. The summed E-state index contributed by atoms with van der Waals surface area (Å²) in [5.41, 5.74) is 3.02. The van der Waals surface area contributed by atoms with Gasteiger partial charge in [0.05, 0.1) is 17.2 Å². The average molecular weight is 261 g/mol. The summed E-state index contributed by atoms with van der Waals surface area (Å²) < 4.78 is 1.96. The fourth-order valence-corrected chi connectivity index (χ4v) is 2.51. The van der Waals surface area contributed by atoms with Gasteiger partial charge < -0.3 is 14.8 Å². The van der Waals surface area contributed by atoms with E-state index in [0.29, 0.717) is 0 Å². The Balaban J connectivity index is 2.88. The lowest BCUT2D eigenvalue weighted by Gasteiger charge is -2.11. The number of aliphatic hydroxyl groups excluding tert-OH is 1. The minimum atomic E-state index is -0.941. The quantitative estimate of drug-likeness (QED) is 0.892. The van der Waals surface area contributed by atoms with E-state index in [4.69, 9.17) is 0 Å². The summed E-state index contributed by atoms with van der Waals surface area (Å²) >= 11 is 0. The minimum Gasteiger partial charge on any atom is -0.478 e. The molecule has 0 amide bonds. The maximum Gasteiger partial charge on any atom is 0.335 e. The lowest BCUT2D eigenvalue weighted by molar-refractivity contribution is 0.0697. The Labute approximate surface area is 112 Å². The maximum atomic E-state index is 11.2. The van der Waals surface area contributed by atoms with E-state index in [1.807, 2.05) is 31.7 Å². The van der Waals surface area contributed by atoms with Crippen LogP contribution in [0.5, 0.6) is 0 Å². The van der Waals surface area contributed by atoms with Gasteiger partial charge in [0.1, 0.15) is 0 Å². The number of aromatic carboxylic acids is 1. The van der Waals surface area contributed by atoms with Crippen molar-refractivity contribution in [3.05, 3.63) is 35.0 Å². The molecule has 2 N–H and O–H groups in total. The van der Waals surface area contributed by atoms with E-state index in [0.717, 1.165) is 22.0 Å². The molecule has 4 nitrogen and oxygen atoms in total. The SMILES string of the molecule is CC(C)c1cc(C(=O)O)cc2c(C(C)O)cn(C)c12. The standard InChI is InChI=1S/C15H19NO3/c1-8(2)11-5-10(15(18)19)6-12-13(9(3)17)7-16(4)14(11)12/h5-9,17H,1-4H3,(H,18,19). The van der Waals surface area contributed by atoms with Crippen LogP contribution in [0.2, 0.25) is 0 Å². The Morgan fingerprint density at radius 1 is 1.21 bits per heavy atom. The Morgan fingerprint density at radius 3 is 2.32 bits per heavy atom. The fraction of sp³-hybridized carbons (Fsp3) is 0.400. The molecular formula is C15H19NO3. The van der Waals surface area contributed by atoms with E-state index in [2.05, 4.69) is 0 Å². The zero-order valence-corrected chi connectivity index (χ0v) is 11.6. The van der Waals surface area contributed by atoms with Crippen molar-refractivity contribution in [2.45, 2.75) is 32.8 Å². The number of aromatic nitrogens is 1. The lowest BCUT2D eigenvalue weighted by atomic mass is 9.96. The van der Waals surface area contributed by atoms with Crippen molar-refractivity contribution in [3.63, 3.8) is 0 Å². The first kappa shape index (κ1) is 13.6. The molecule has 19 heavy (non-hydrogen) atoms. The second-order valence-corrected chi connectivity index (χ2v) is 5.29. The summed E-state index contributed by atoms with van der Waals surface area (Å²) in [4.78, 5) is 11.2. The minimum absolute atomic E-state index is 0.220. The molecule has 0 fully saturated rings. The van der Waals surface area contributed by atoms with Crippen molar-refractivity contribution >= 4 is 16.9 Å². The van der Waals surface area contributed by atoms with E-state index in [-0.39, 0.29) is 11.5 Å². The smallest absolute Gasteiger partial charge is 0.335 e. The van der Waals surface area contributed by atoms with Crippen molar-refractivity contribution in [2.24, 2.45) is 7.05 Å². The molecule has 1 aromatic heterocycles.